The third-order valence-corrected chi connectivity index (χ3v) is 7.58. The minimum atomic E-state index is -0.609. The van der Waals surface area contributed by atoms with Gasteiger partial charge in [-0.1, -0.05) is 52.7 Å². The number of hydrogen-bond donors (Lipinski definition) is 1. The number of nitrogens with one attached hydrogen (secondary N) is 1. The number of carbonyl (C=O) groups is 3. The first-order valence-electron chi connectivity index (χ1n) is 15.1. The van der Waals surface area contributed by atoms with Crippen molar-refractivity contribution in [3.63, 3.8) is 0 Å². The zero-order valence-electron chi connectivity index (χ0n) is 27.2. The third kappa shape index (κ3) is 11.5. The van der Waals surface area contributed by atoms with Crippen molar-refractivity contribution in [3.8, 4) is 11.3 Å². The summed E-state index contributed by atoms with van der Waals surface area (Å²) in [5.74, 6) is -0.342. The molecule has 42 heavy (non-hydrogen) atoms. The number of methoxy groups -OCH3 is 1. The van der Waals surface area contributed by atoms with Gasteiger partial charge in [0.15, 0.2) is 5.13 Å². The van der Waals surface area contributed by atoms with E-state index in [9.17, 15) is 9.59 Å². The van der Waals surface area contributed by atoms with E-state index in [2.05, 4.69) is 49.9 Å². The number of anilines is 1. The van der Waals surface area contributed by atoms with Crippen LogP contribution >= 0.6 is 11.3 Å². The number of benzene rings is 1. The summed E-state index contributed by atoms with van der Waals surface area (Å²) in [6, 6.07) is 6.83. The highest BCUT2D eigenvalue weighted by Crippen LogP contribution is 2.28. The lowest BCUT2D eigenvalue weighted by atomic mass is 10.1. The number of amides is 2. The molecule has 1 aromatic carbocycles. The topological polar surface area (TPSA) is 95.1 Å². The number of likely N-dealkylation sites (tertiary alicyclic amines) is 1. The second-order valence-corrected chi connectivity index (χ2v) is 11.4. The largest absolute Gasteiger partial charge is 0.379 e. The monoisotopic (exact) mass is 603 g/mol. The van der Waals surface area contributed by atoms with Gasteiger partial charge in [-0.2, -0.15) is 0 Å². The van der Waals surface area contributed by atoms with E-state index in [1.165, 1.54) is 19.8 Å². The smallest absolute Gasteiger partial charge is 0.251 e. The van der Waals surface area contributed by atoms with E-state index >= 15 is 0 Å². The Morgan fingerprint density at radius 1 is 1.12 bits per heavy atom. The van der Waals surface area contributed by atoms with Crippen LogP contribution in [0.2, 0.25) is 0 Å². The lowest BCUT2D eigenvalue weighted by Gasteiger charge is -2.32. The van der Waals surface area contributed by atoms with Crippen molar-refractivity contribution in [2.45, 2.75) is 85.9 Å². The lowest BCUT2D eigenvalue weighted by molar-refractivity contribution is -0.134. The number of nitrogens with zero attached hydrogens (tertiary/aromatic N) is 4. The zero-order chi connectivity index (χ0) is 31.7. The van der Waals surface area contributed by atoms with Crippen molar-refractivity contribution >= 4 is 34.6 Å². The summed E-state index contributed by atoms with van der Waals surface area (Å²) in [6.45, 7) is 18.3. The number of piperazine rings is 1. The minimum Gasteiger partial charge on any atom is -0.379 e. The molecule has 1 N–H and O–H groups in total. The van der Waals surface area contributed by atoms with Crippen molar-refractivity contribution in [2.24, 2.45) is 0 Å². The van der Waals surface area contributed by atoms with Crippen LogP contribution < -0.4 is 10.2 Å². The van der Waals surface area contributed by atoms with Gasteiger partial charge >= 0.3 is 0 Å². The van der Waals surface area contributed by atoms with Crippen LogP contribution in [0.25, 0.3) is 11.3 Å². The van der Waals surface area contributed by atoms with Gasteiger partial charge in [-0.15, -0.1) is 11.3 Å². The van der Waals surface area contributed by atoms with Gasteiger partial charge in [-0.05, 0) is 46.4 Å². The normalized spacial score (nSPS) is 18.8. The Bertz CT molecular complexity index is 1070. The Labute approximate surface area is 257 Å². The van der Waals surface area contributed by atoms with E-state index in [0.29, 0.717) is 12.1 Å². The molecule has 0 spiro atoms. The molecule has 3 heterocycles. The molecular weight excluding hydrogens is 550 g/mol. The van der Waals surface area contributed by atoms with Gasteiger partial charge in [-0.25, -0.2) is 4.98 Å². The molecule has 3 unspecified atom stereocenters. The fourth-order valence-electron chi connectivity index (χ4n) is 4.49. The van der Waals surface area contributed by atoms with Crippen LogP contribution in [0.1, 0.15) is 78.1 Å². The molecule has 3 atom stereocenters. The highest BCUT2D eigenvalue weighted by Gasteiger charge is 2.36. The molecule has 0 bridgehead atoms. The molecule has 10 heteroatoms. The number of carbonyl (C=O) groups excluding carboxylic acids is 3. The molecule has 2 aliphatic heterocycles. The van der Waals surface area contributed by atoms with E-state index in [1.807, 2.05) is 30.5 Å². The van der Waals surface area contributed by atoms with Gasteiger partial charge in [0.25, 0.3) is 5.91 Å². The average molecular weight is 604 g/mol. The highest BCUT2D eigenvalue weighted by atomic mass is 32.1. The van der Waals surface area contributed by atoms with Gasteiger partial charge in [0.05, 0.1) is 17.8 Å². The van der Waals surface area contributed by atoms with Gasteiger partial charge in [0.2, 0.25) is 5.91 Å². The van der Waals surface area contributed by atoms with Crippen LogP contribution in [0.4, 0.5) is 5.13 Å². The van der Waals surface area contributed by atoms with Crippen molar-refractivity contribution in [1.29, 1.82) is 0 Å². The van der Waals surface area contributed by atoms with Crippen LogP contribution in [0.5, 0.6) is 0 Å². The Balaban J connectivity index is 0.000000872. The third-order valence-electron chi connectivity index (χ3n) is 6.67. The Morgan fingerprint density at radius 3 is 2.26 bits per heavy atom. The van der Waals surface area contributed by atoms with Crippen LogP contribution in [-0.2, 0) is 14.3 Å². The van der Waals surface area contributed by atoms with Gasteiger partial charge < -0.3 is 29.5 Å². The van der Waals surface area contributed by atoms with Crippen molar-refractivity contribution in [2.75, 3.05) is 51.8 Å². The molecule has 0 radical (unpaired) electrons. The maximum atomic E-state index is 12.9. The van der Waals surface area contributed by atoms with Gasteiger partial charge in [0, 0.05) is 56.3 Å². The van der Waals surface area contributed by atoms with E-state index in [1.54, 1.807) is 36.3 Å². The fourth-order valence-corrected chi connectivity index (χ4v) is 5.38. The van der Waals surface area contributed by atoms with Crippen LogP contribution in [-0.4, -0.2) is 98.0 Å². The first-order chi connectivity index (χ1) is 20.1. The van der Waals surface area contributed by atoms with Crippen LogP contribution in [0, 0.1) is 0 Å². The lowest BCUT2D eigenvalue weighted by Crippen LogP contribution is -2.49. The van der Waals surface area contributed by atoms with Crippen molar-refractivity contribution in [3.05, 3.63) is 35.2 Å². The number of aldehydes is 1. The minimum absolute atomic E-state index is 0.00402. The maximum absolute atomic E-state index is 12.9. The van der Waals surface area contributed by atoms with E-state index in [-0.39, 0.29) is 24.0 Å². The first kappa shape index (κ1) is 37.2. The van der Waals surface area contributed by atoms with E-state index < -0.39 is 6.04 Å². The van der Waals surface area contributed by atoms with Crippen molar-refractivity contribution < 1.29 is 19.1 Å². The molecule has 0 saturated carbocycles. The summed E-state index contributed by atoms with van der Waals surface area (Å²) in [6.07, 6.45) is 4.11. The summed E-state index contributed by atoms with van der Waals surface area (Å²) in [4.78, 5) is 45.8. The average Bonchev–Trinajstić information content (AvgIpc) is 3.61. The molecule has 2 amide bonds. The predicted octanol–water partition coefficient (Wildman–Crippen LogP) is 5.35. The maximum Gasteiger partial charge on any atom is 0.251 e. The summed E-state index contributed by atoms with van der Waals surface area (Å²) in [5, 5.41) is 5.92. The van der Waals surface area contributed by atoms with E-state index in [4.69, 9.17) is 14.5 Å². The highest BCUT2D eigenvalue weighted by molar-refractivity contribution is 7.14. The fraction of sp³-hybridized carbons (Fsp3) is 0.625. The Hall–Kier alpha value is -2.82. The zero-order valence-corrected chi connectivity index (χ0v) is 28.0. The number of thiazole rings is 1. The summed E-state index contributed by atoms with van der Waals surface area (Å²) in [7, 11) is 3.81. The molecule has 2 fully saturated rings. The standard InChI is InChI=1S/C24H33N5O3S.2C3H8.C2H4O/c1-16(23(31)29-9-8-21(32-4)17(29)2)25-22(30)19-7-5-6-18(14-19)20-15-33-24(26-20)28-12-10-27(3)11-13-28;2*1-3-2;1-2-3/h5-7,14-17,21H,8-13H2,1-4H3,(H,25,30);2*3H2,1-2H3;2H,1H3. The van der Waals surface area contributed by atoms with Crippen molar-refractivity contribution in [1.82, 2.24) is 20.1 Å². The summed E-state index contributed by atoms with van der Waals surface area (Å²) >= 11 is 1.63. The van der Waals surface area contributed by atoms with Crippen LogP contribution in [0.3, 0.4) is 0 Å². The van der Waals surface area contributed by atoms with Gasteiger partial charge in [0.1, 0.15) is 12.3 Å². The molecule has 236 valence electrons. The SMILES string of the molecule is CC=O.CCC.CCC.COC1CCN(C(=O)C(C)NC(=O)c2cccc(-c3csc(N4CCN(C)CC4)n3)c2)C1C. The van der Waals surface area contributed by atoms with E-state index in [0.717, 1.165) is 55.3 Å². The number of hydrogen-bond acceptors (Lipinski definition) is 8. The Morgan fingerprint density at radius 2 is 1.71 bits per heavy atom. The molecule has 4 rings (SSSR count). The Kier molecular flexibility index (Phi) is 17.8. The number of aromatic nitrogens is 1. The summed E-state index contributed by atoms with van der Waals surface area (Å²) < 4.78 is 5.44. The first-order valence-corrected chi connectivity index (χ1v) is 16.0. The summed E-state index contributed by atoms with van der Waals surface area (Å²) in [5.41, 5.74) is 2.28. The number of rotatable bonds is 6. The predicted molar refractivity (Wildman–Crippen MR) is 174 cm³/mol. The molecule has 1 aromatic heterocycles. The number of likely N-dealkylation sites (N-methyl/N-ethyl adjacent to an activating group) is 1. The quantitative estimate of drug-likeness (QED) is 0.445. The van der Waals surface area contributed by atoms with Gasteiger partial charge in [-0.3, -0.25) is 9.59 Å². The van der Waals surface area contributed by atoms with Crippen LogP contribution in [0.15, 0.2) is 29.6 Å². The molecule has 0 aliphatic carbocycles. The molecular formula is C32H53N5O4S. The second kappa shape index (κ2) is 20.1. The molecule has 2 saturated heterocycles. The molecule has 2 aromatic rings. The second-order valence-electron chi connectivity index (χ2n) is 10.6. The number of ether oxygens (including phenoxy) is 1. The molecule has 9 nitrogen and oxygen atoms in total. The molecule has 2 aliphatic rings.